The molecule has 0 bridgehead atoms. The molecular formula is C14H20BrN. The summed E-state index contributed by atoms with van der Waals surface area (Å²) in [6, 6.07) is 8.81. The summed E-state index contributed by atoms with van der Waals surface area (Å²) in [5.41, 5.74) is 3.03. The Hall–Kier alpha value is -0.340. The smallest absolute Gasteiger partial charge is 0.0240 e. The van der Waals surface area contributed by atoms with Crippen molar-refractivity contribution in [1.29, 1.82) is 0 Å². The zero-order chi connectivity index (χ0) is 11.5. The highest BCUT2D eigenvalue weighted by atomic mass is 79.9. The summed E-state index contributed by atoms with van der Waals surface area (Å²) in [7, 11) is 0. The standard InChI is InChI=1S/C14H20BrN/c1-11(2)14(7-15)10-16-8-12-5-3-4-6-13(12)9-16/h3-6,11,14H,7-10H2,1-2H3. The van der Waals surface area contributed by atoms with E-state index in [-0.39, 0.29) is 0 Å². The number of hydrogen-bond acceptors (Lipinski definition) is 1. The van der Waals surface area contributed by atoms with E-state index in [1.807, 2.05) is 0 Å². The van der Waals surface area contributed by atoms with Gasteiger partial charge in [0.15, 0.2) is 0 Å². The Labute approximate surface area is 107 Å². The van der Waals surface area contributed by atoms with Crippen molar-refractivity contribution in [3.05, 3.63) is 35.4 Å². The van der Waals surface area contributed by atoms with Crippen LogP contribution >= 0.6 is 15.9 Å². The van der Waals surface area contributed by atoms with E-state index < -0.39 is 0 Å². The molecule has 0 aliphatic carbocycles. The summed E-state index contributed by atoms with van der Waals surface area (Å²) >= 11 is 3.63. The van der Waals surface area contributed by atoms with E-state index in [1.54, 1.807) is 0 Å². The lowest BCUT2D eigenvalue weighted by molar-refractivity contribution is 0.218. The Bertz CT molecular complexity index is 323. The van der Waals surface area contributed by atoms with Gasteiger partial charge >= 0.3 is 0 Å². The van der Waals surface area contributed by atoms with Crippen LogP contribution in [0.15, 0.2) is 24.3 Å². The summed E-state index contributed by atoms with van der Waals surface area (Å²) in [5, 5.41) is 1.11. The number of rotatable bonds is 4. The molecule has 1 aromatic rings. The maximum Gasteiger partial charge on any atom is 0.0240 e. The first-order chi connectivity index (χ1) is 7.70. The van der Waals surface area contributed by atoms with Crippen LogP contribution < -0.4 is 0 Å². The Balaban J connectivity index is 1.96. The lowest BCUT2D eigenvalue weighted by Crippen LogP contribution is -2.28. The zero-order valence-electron chi connectivity index (χ0n) is 10.1. The molecule has 2 heteroatoms. The van der Waals surface area contributed by atoms with Crippen LogP contribution in [0.1, 0.15) is 25.0 Å². The maximum absolute atomic E-state index is 3.63. The van der Waals surface area contributed by atoms with Gasteiger partial charge in [0, 0.05) is 25.0 Å². The van der Waals surface area contributed by atoms with Crippen LogP contribution in [0, 0.1) is 11.8 Å². The summed E-state index contributed by atoms with van der Waals surface area (Å²) in [5.74, 6) is 1.51. The molecule has 2 rings (SSSR count). The highest BCUT2D eigenvalue weighted by Gasteiger charge is 2.22. The molecule has 0 N–H and O–H groups in total. The molecule has 1 heterocycles. The van der Waals surface area contributed by atoms with Crippen molar-refractivity contribution in [3.8, 4) is 0 Å². The van der Waals surface area contributed by atoms with E-state index in [4.69, 9.17) is 0 Å². The minimum Gasteiger partial charge on any atom is -0.294 e. The topological polar surface area (TPSA) is 3.24 Å². The minimum atomic E-state index is 0.753. The molecule has 0 fully saturated rings. The van der Waals surface area contributed by atoms with Gasteiger partial charge in [-0.05, 0) is 23.0 Å². The first kappa shape index (κ1) is 12.1. The third-order valence-electron chi connectivity index (χ3n) is 3.54. The van der Waals surface area contributed by atoms with Crippen LogP contribution in [0.3, 0.4) is 0 Å². The van der Waals surface area contributed by atoms with Gasteiger partial charge in [0.2, 0.25) is 0 Å². The number of hydrogen-bond donors (Lipinski definition) is 0. The molecule has 0 radical (unpaired) electrons. The molecule has 0 aromatic heterocycles. The van der Waals surface area contributed by atoms with E-state index in [0.29, 0.717) is 0 Å². The number of halogens is 1. The number of alkyl halides is 1. The molecule has 1 aliphatic rings. The third-order valence-corrected chi connectivity index (χ3v) is 4.37. The molecule has 1 aromatic carbocycles. The van der Waals surface area contributed by atoms with Crippen LogP contribution in [0.4, 0.5) is 0 Å². The number of nitrogens with zero attached hydrogens (tertiary/aromatic N) is 1. The molecule has 0 saturated heterocycles. The summed E-state index contributed by atoms with van der Waals surface area (Å²) < 4.78 is 0. The van der Waals surface area contributed by atoms with E-state index in [2.05, 4.69) is 58.9 Å². The second kappa shape index (κ2) is 5.33. The van der Waals surface area contributed by atoms with Gasteiger partial charge in [-0.3, -0.25) is 4.90 Å². The lowest BCUT2D eigenvalue weighted by atomic mass is 9.98. The van der Waals surface area contributed by atoms with Gasteiger partial charge in [-0.15, -0.1) is 0 Å². The van der Waals surface area contributed by atoms with Gasteiger partial charge < -0.3 is 0 Å². The molecule has 0 saturated carbocycles. The van der Waals surface area contributed by atoms with Crippen LogP contribution in [0.2, 0.25) is 0 Å². The monoisotopic (exact) mass is 281 g/mol. The molecule has 88 valence electrons. The lowest BCUT2D eigenvalue weighted by Gasteiger charge is -2.24. The molecule has 16 heavy (non-hydrogen) atoms. The average molecular weight is 282 g/mol. The molecular weight excluding hydrogens is 262 g/mol. The van der Waals surface area contributed by atoms with Crippen LogP contribution in [-0.4, -0.2) is 16.8 Å². The fourth-order valence-electron chi connectivity index (χ4n) is 2.30. The fourth-order valence-corrected chi connectivity index (χ4v) is 3.25. The van der Waals surface area contributed by atoms with Gasteiger partial charge in [-0.25, -0.2) is 0 Å². The summed E-state index contributed by atoms with van der Waals surface area (Å²) in [4.78, 5) is 2.57. The molecule has 0 amide bonds. The SMILES string of the molecule is CC(C)C(CBr)CN1Cc2ccccc2C1. The van der Waals surface area contributed by atoms with E-state index in [0.717, 1.165) is 30.3 Å². The summed E-state index contributed by atoms with van der Waals surface area (Å²) in [6.45, 7) is 8.10. The number of benzene rings is 1. The van der Waals surface area contributed by atoms with Crippen LogP contribution in [-0.2, 0) is 13.1 Å². The van der Waals surface area contributed by atoms with E-state index in [1.165, 1.54) is 17.7 Å². The molecule has 0 spiro atoms. The van der Waals surface area contributed by atoms with Crippen LogP contribution in [0.5, 0.6) is 0 Å². The highest BCUT2D eigenvalue weighted by Crippen LogP contribution is 2.25. The normalized spacial score (nSPS) is 17.8. The fraction of sp³-hybridized carbons (Fsp3) is 0.571. The first-order valence-corrected chi connectivity index (χ1v) is 7.18. The van der Waals surface area contributed by atoms with Crippen molar-refractivity contribution in [2.24, 2.45) is 11.8 Å². The van der Waals surface area contributed by atoms with Crippen molar-refractivity contribution < 1.29 is 0 Å². The molecule has 1 nitrogen and oxygen atoms in total. The molecule has 1 unspecified atom stereocenters. The average Bonchev–Trinajstić information content (AvgIpc) is 2.67. The van der Waals surface area contributed by atoms with E-state index >= 15 is 0 Å². The predicted molar refractivity (Wildman–Crippen MR) is 72.7 cm³/mol. The highest BCUT2D eigenvalue weighted by molar-refractivity contribution is 9.09. The second-order valence-corrected chi connectivity index (χ2v) is 5.74. The van der Waals surface area contributed by atoms with Gasteiger partial charge in [-0.1, -0.05) is 54.0 Å². The first-order valence-electron chi connectivity index (χ1n) is 6.05. The van der Waals surface area contributed by atoms with Crippen molar-refractivity contribution in [1.82, 2.24) is 4.90 Å². The Kier molecular flexibility index (Phi) is 4.04. The Morgan fingerprint density at radius 1 is 1.19 bits per heavy atom. The predicted octanol–water partition coefficient (Wildman–Crippen LogP) is 3.67. The molecule has 1 aliphatic heterocycles. The molecule has 1 atom stereocenters. The van der Waals surface area contributed by atoms with E-state index in [9.17, 15) is 0 Å². The Morgan fingerprint density at radius 3 is 2.19 bits per heavy atom. The quantitative estimate of drug-likeness (QED) is 0.762. The van der Waals surface area contributed by atoms with Gasteiger partial charge in [0.05, 0.1) is 0 Å². The number of fused-ring (bicyclic) bond motifs is 1. The maximum atomic E-state index is 3.63. The van der Waals surface area contributed by atoms with Crippen molar-refractivity contribution in [2.75, 3.05) is 11.9 Å². The van der Waals surface area contributed by atoms with Crippen LogP contribution in [0.25, 0.3) is 0 Å². The Morgan fingerprint density at radius 2 is 1.75 bits per heavy atom. The summed E-state index contributed by atoms with van der Waals surface area (Å²) in [6.07, 6.45) is 0. The van der Waals surface area contributed by atoms with Crippen molar-refractivity contribution in [2.45, 2.75) is 26.9 Å². The second-order valence-electron chi connectivity index (χ2n) is 5.10. The third kappa shape index (κ3) is 2.67. The largest absolute Gasteiger partial charge is 0.294 e. The van der Waals surface area contributed by atoms with Gasteiger partial charge in [-0.2, -0.15) is 0 Å². The zero-order valence-corrected chi connectivity index (χ0v) is 11.7. The minimum absolute atomic E-state index is 0.753. The van der Waals surface area contributed by atoms with Gasteiger partial charge in [0.25, 0.3) is 0 Å². The van der Waals surface area contributed by atoms with Crippen molar-refractivity contribution >= 4 is 15.9 Å². The van der Waals surface area contributed by atoms with Crippen molar-refractivity contribution in [3.63, 3.8) is 0 Å². The van der Waals surface area contributed by atoms with Gasteiger partial charge in [0.1, 0.15) is 0 Å².